The monoisotopic (exact) mass is 268 g/mol. The maximum absolute atomic E-state index is 5.63. The molecule has 0 radical (unpaired) electrons. The van der Waals surface area contributed by atoms with E-state index in [1.54, 1.807) is 0 Å². The summed E-state index contributed by atoms with van der Waals surface area (Å²) in [6, 6.07) is 0. The molecule has 11 heavy (non-hydrogen) atoms. The van der Waals surface area contributed by atoms with Crippen LogP contribution in [0.1, 0.15) is 26.7 Å². The van der Waals surface area contributed by atoms with Crippen LogP contribution < -0.4 is 0 Å². The molecular formula is C9H17IO. The summed E-state index contributed by atoms with van der Waals surface area (Å²) in [6.07, 6.45) is 3.13. The summed E-state index contributed by atoms with van der Waals surface area (Å²) in [5.41, 5.74) is 0. The van der Waals surface area contributed by atoms with Crippen LogP contribution in [0.4, 0.5) is 0 Å². The Bertz CT molecular complexity index is 116. The van der Waals surface area contributed by atoms with E-state index < -0.39 is 0 Å². The van der Waals surface area contributed by atoms with E-state index in [9.17, 15) is 0 Å². The Labute approximate surface area is 83.0 Å². The molecule has 0 aromatic carbocycles. The molecule has 0 aliphatic carbocycles. The molecule has 1 rings (SSSR count). The van der Waals surface area contributed by atoms with Crippen LogP contribution in [-0.4, -0.2) is 17.1 Å². The van der Waals surface area contributed by atoms with Crippen molar-refractivity contribution in [1.29, 1.82) is 0 Å². The van der Waals surface area contributed by atoms with Gasteiger partial charge in [0.1, 0.15) is 0 Å². The van der Waals surface area contributed by atoms with Crippen molar-refractivity contribution in [2.24, 2.45) is 11.8 Å². The Morgan fingerprint density at radius 1 is 1.64 bits per heavy atom. The molecule has 1 fully saturated rings. The molecule has 0 N–H and O–H groups in total. The molecule has 1 saturated heterocycles. The van der Waals surface area contributed by atoms with Gasteiger partial charge in [-0.3, -0.25) is 0 Å². The van der Waals surface area contributed by atoms with Gasteiger partial charge in [-0.05, 0) is 18.3 Å². The van der Waals surface area contributed by atoms with Crippen LogP contribution in [0.15, 0.2) is 0 Å². The molecule has 0 saturated carbocycles. The first-order valence-electron chi connectivity index (χ1n) is 4.45. The minimum atomic E-state index is 0.551. The Morgan fingerprint density at radius 2 is 2.36 bits per heavy atom. The van der Waals surface area contributed by atoms with Gasteiger partial charge in [0, 0.05) is 4.43 Å². The molecule has 66 valence electrons. The molecule has 0 bridgehead atoms. The molecular weight excluding hydrogens is 251 g/mol. The van der Waals surface area contributed by atoms with E-state index in [-0.39, 0.29) is 0 Å². The third kappa shape index (κ3) is 2.58. The number of ether oxygens (including phenoxy) is 1. The van der Waals surface area contributed by atoms with Gasteiger partial charge in [-0.1, -0.05) is 42.9 Å². The summed E-state index contributed by atoms with van der Waals surface area (Å²) < 4.78 is 6.79. The lowest BCUT2D eigenvalue weighted by atomic mass is 9.90. The number of halogens is 1. The molecule has 1 nitrogen and oxygen atoms in total. The maximum Gasteiger partial charge on any atom is 0.0668 e. The van der Waals surface area contributed by atoms with Gasteiger partial charge in [0.2, 0.25) is 0 Å². The highest BCUT2D eigenvalue weighted by molar-refractivity contribution is 14.1. The maximum atomic E-state index is 5.63. The quantitative estimate of drug-likeness (QED) is 0.565. The molecule has 2 heteroatoms. The van der Waals surface area contributed by atoms with Crippen LogP contribution in [0, 0.1) is 11.8 Å². The van der Waals surface area contributed by atoms with Gasteiger partial charge in [-0.25, -0.2) is 0 Å². The van der Waals surface area contributed by atoms with Crippen molar-refractivity contribution in [3.63, 3.8) is 0 Å². The minimum Gasteiger partial charge on any atom is -0.377 e. The molecule has 1 heterocycles. The number of alkyl halides is 1. The second-order valence-corrected chi connectivity index (χ2v) is 4.37. The summed E-state index contributed by atoms with van der Waals surface area (Å²) >= 11 is 2.41. The zero-order chi connectivity index (χ0) is 8.27. The van der Waals surface area contributed by atoms with E-state index in [1.165, 1.54) is 12.8 Å². The normalized spacial score (nSPS) is 34.1. The largest absolute Gasteiger partial charge is 0.377 e. The second kappa shape index (κ2) is 4.65. The van der Waals surface area contributed by atoms with Crippen molar-refractivity contribution in [1.82, 2.24) is 0 Å². The van der Waals surface area contributed by atoms with Crippen LogP contribution in [0.3, 0.4) is 0 Å². The van der Waals surface area contributed by atoms with E-state index in [0.29, 0.717) is 6.10 Å². The standard InChI is InChI=1S/C9H17IO/c1-3-7(2)8-4-9(5-10)11-6-8/h7-9H,3-6H2,1-2H3/t7-,8+,9-/m0/s1. The first-order chi connectivity index (χ1) is 5.27. The first kappa shape index (κ1) is 9.78. The molecule has 0 aromatic heterocycles. The SMILES string of the molecule is CC[C@H](C)[C@H]1CO[C@H](CI)C1. The Hall–Kier alpha value is 0.690. The van der Waals surface area contributed by atoms with Crippen LogP contribution >= 0.6 is 22.6 Å². The Balaban J connectivity index is 2.29. The van der Waals surface area contributed by atoms with E-state index in [2.05, 4.69) is 36.4 Å². The Kier molecular flexibility index (Phi) is 4.13. The zero-order valence-corrected chi connectivity index (χ0v) is 9.50. The van der Waals surface area contributed by atoms with Crippen molar-refractivity contribution in [3.05, 3.63) is 0 Å². The third-order valence-corrected chi connectivity index (χ3v) is 3.71. The number of hydrogen-bond acceptors (Lipinski definition) is 1. The Morgan fingerprint density at radius 3 is 2.82 bits per heavy atom. The first-order valence-corrected chi connectivity index (χ1v) is 5.98. The second-order valence-electron chi connectivity index (χ2n) is 3.49. The predicted molar refractivity (Wildman–Crippen MR) is 56.2 cm³/mol. The highest BCUT2D eigenvalue weighted by Crippen LogP contribution is 2.28. The lowest BCUT2D eigenvalue weighted by molar-refractivity contribution is 0.120. The summed E-state index contributed by atoms with van der Waals surface area (Å²) in [4.78, 5) is 0. The summed E-state index contributed by atoms with van der Waals surface area (Å²) in [7, 11) is 0. The van der Waals surface area contributed by atoms with E-state index in [0.717, 1.165) is 22.9 Å². The summed E-state index contributed by atoms with van der Waals surface area (Å²) in [5, 5.41) is 0. The lowest BCUT2D eigenvalue weighted by Gasteiger charge is -2.14. The molecule has 1 aliphatic heterocycles. The summed E-state index contributed by atoms with van der Waals surface area (Å²) in [6.45, 7) is 5.61. The van der Waals surface area contributed by atoms with Crippen molar-refractivity contribution < 1.29 is 4.74 Å². The average molecular weight is 268 g/mol. The van der Waals surface area contributed by atoms with Gasteiger partial charge in [0.25, 0.3) is 0 Å². The molecule has 0 aromatic rings. The van der Waals surface area contributed by atoms with Crippen LogP contribution in [0.5, 0.6) is 0 Å². The van der Waals surface area contributed by atoms with Gasteiger partial charge in [0.15, 0.2) is 0 Å². The van der Waals surface area contributed by atoms with E-state index in [4.69, 9.17) is 4.74 Å². The number of rotatable bonds is 3. The van der Waals surface area contributed by atoms with Crippen molar-refractivity contribution >= 4 is 22.6 Å². The predicted octanol–water partition coefficient (Wildman–Crippen LogP) is 2.87. The zero-order valence-electron chi connectivity index (χ0n) is 7.35. The highest BCUT2D eigenvalue weighted by atomic mass is 127. The minimum absolute atomic E-state index is 0.551. The van der Waals surface area contributed by atoms with Crippen molar-refractivity contribution in [2.45, 2.75) is 32.8 Å². The van der Waals surface area contributed by atoms with E-state index >= 15 is 0 Å². The van der Waals surface area contributed by atoms with Gasteiger partial charge in [-0.15, -0.1) is 0 Å². The van der Waals surface area contributed by atoms with Gasteiger partial charge >= 0.3 is 0 Å². The van der Waals surface area contributed by atoms with Crippen molar-refractivity contribution in [2.75, 3.05) is 11.0 Å². The fourth-order valence-electron chi connectivity index (χ4n) is 1.57. The third-order valence-electron chi connectivity index (χ3n) is 2.73. The van der Waals surface area contributed by atoms with Crippen LogP contribution in [0.25, 0.3) is 0 Å². The van der Waals surface area contributed by atoms with Gasteiger partial charge in [-0.2, -0.15) is 0 Å². The lowest BCUT2D eigenvalue weighted by Crippen LogP contribution is -2.11. The fraction of sp³-hybridized carbons (Fsp3) is 1.00. The van der Waals surface area contributed by atoms with Crippen LogP contribution in [-0.2, 0) is 4.74 Å². The molecule has 0 unspecified atom stereocenters. The van der Waals surface area contributed by atoms with Gasteiger partial charge < -0.3 is 4.74 Å². The summed E-state index contributed by atoms with van der Waals surface area (Å²) in [5.74, 6) is 1.68. The topological polar surface area (TPSA) is 9.23 Å². The molecule has 1 aliphatic rings. The van der Waals surface area contributed by atoms with Gasteiger partial charge in [0.05, 0.1) is 12.7 Å². The van der Waals surface area contributed by atoms with E-state index in [1.807, 2.05) is 0 Å². The highest BCUT2D eigenvalue weighted by Gasteiger charge is 2.27. The fourth-order valence-corrected chi connectivity index (χ4v) is 2.18. The molecule has 0 spiro atoms. The molecule has 3 atom stereocenters. The molecule has 0 amide bonds. The number of hydrogen-bond donors (Lipinski definition) is 0. The average Bonchev–Trinajstić information content (AvgIpc) is 2.50. The van der Waals surface area contributed by atoms with Crippen LogP contribution in [0.2, 0.25) is 0 Å². The van der Waals surface area contributed by atoms with Crippen molar-refractivity contribution in [3.8, 4) is 0 Å². The smallest absolute Gasteiger partial charge is 0.0668 e.